The summed E-state index contributed by atoms with van der Waals surface area (Å²) in [5, 5.41) is 3.62. The molecule has 3 heteroatoms. The first-order valence-electron chi connectivity index (χ1n) is 8.88. The standard InChI is InChI=1S/C19H29FN2/c1-14-9-15(2)13-22(12-14)19-10-16(7-8-18(19)20)11-21-17-5-3-4-6-17/h7-8,10,14-15,17,21H,3-6,9,11-13H2,1-2H3. The molecule has 1 aromatic carbocycles. The van der Waals surface area contributed by atoms with Gasteiger partial charge in [-0.2, -0.15) is 0 Å². The van der Waals surface area contributed by atoms with Crippen LogP contribution in [0.3, 0.4) is 0 Å². The van der Waals surface area contributed by atoms with Gasteiger partial charge in [0.05, 0.1) is 5.69 Å². The summed E-state index contributed by atoms with van der Waals surface area (Å²) in [5.41, 5.74) is 2.00. The summed E-state index contributed by atoms with van der Waals surface area (Å²) < 4.78 is 14.3. The van der Waals surface area contributed by atoms with Crippen LogP contribution in [-0.2, 0) is 6.54 Å². The average molecular weight is 304 g/mol. The highest BCUT2D eigenvalue weighted by molar-refractivity contribution is 5.50. The molecule has 0 spiro atoms. The fraction of sp³-hybridized carbons (Fsp3) is 0.684. The molecule has 2 aliphatic rings. The number of nitrogens with zero attached hydrogens (tertiary/aromatic N) is 1. The topological polar surface area (TPSA) is 15.3 Å². The minimum atomic E-state index is -0.0779. The molecule has 1 N–H and O–H groups in total. The van der Waals surface area contributed by atoms with Gasteiger partial charge in [0.15, 0.2) is 0 Å². The van der Waals surface area contributed by atoms with Gasteiger partial charge >= 0.3 is 0 Å². The fourth-order valence-corrected chi connectivity index (χ4v) is 4.16. The summed E-state index contributed by atoms with van der Waals surface area (Å²) in [4.78, 5) is 2.24. The number of hydrogen-bond donors (Lipinski definition) is 1. The molecule has 22 heavy (non-hydrogen) atoms. The van der Waals surface area contributed by atoms with Gasteiger partial charge in [0, 0.05) is 25.7 Å². The number of nitrogens with one attached hydrogen (secondary N) is 1. The zero-order chi connectivity index (χ0) is 15.5. The lowest BCUT2D eigenvalue weighted by atomic mass is 9.91. The van der Waals surface area contributed by atoms with Crippen LogP contribution in [-0.4, -0.2) is 19.1 Å². The zero-order valence-electron chi connectivity index (χ0n) is 13.9. The van der Waals surface area contributed by atoms with Gasteiger partial charge < -0.3 is 10.2 Å². The predicted molar refractivity (Wildman–Crippen MR) is 90.7 cm³/mol. The van der Waals surface area contributed by atoms with Crippen LogP contribution in [0.25, 0.3) is 0 Å². The molecule has 2 nitrogen and oxygen atoms in total. The van der Waals surface area contributed by atoms with Crippen LogP contribution < -0.4 is 10.2 Å². The number of anilines is 1. The minimum Gasteiger partial charge on any atom is -0.369 e. The molecule has 1 aliphatic carbocycles. The molecule has 1 aromatic rings. The fourth-order valence-electron chi connectivity index (χ4n) is 4.16. The Balaban J connectivity index is 1.68. The van der Waals surface area contributed by atoms with Crippen molar-refractivity contribution in [2.75, 3.05) is 18.0 Å². The van der Waals surface area contributed by atoms with Crippen LogP contribution in [0.1, 0.15) is 51.5 Å². The third-order valence-electron chi connectivity index (χ3n) is 5.17. The molecule has 0 bridgehead atoms. The van der Waals surface area contributed by atoms with E-state index in [9.17, 15) is 4.39 Å². The number of rotatable bonds is 4. The summed E-state index contributed by atoms with van der Waals surface area (Å²) in [6.07, 6.45) is 6.51. The highest BCUT2D eigenvalue weighted by Gasteiger charge is 2.24. The normalized spacial score (nSPS) is 26.6. The van der Waals surface area contributed by atoms with E-state index in [0.29, 0.717) is 17.9 Å². The lowest BCUT2D eigenvalue weighted by Crippen LogP contribution is -2.39. The zero-order valence-corrected chi connectivity index (χ0v) is 13.9. The first kappa shape index (κ1) is 15.8. The number of halogens is 1. The lowest BCUT2D eigenvalue weighted by molar-refractivity contribution is 0.354. The van der Waals surface area contributed by atoms with Crippen molar-refractivity contribution in [3.05, 3.63) is 29.6 Å². The maximum atomic E-state index is 14.3. The van der Waals surface area contributed by atoms with Gasteiger partial charge in [0.2, 0.25) is 0 Å². The van der Waals surface area contributed by atoms with Gasteiger partial charge in [-0.3, -0.25) is 0 Å². The van der Waals surface area contributed by atoms with E-state index in [4.69, 9.17) is 0 Å². The molecular formula is C19H29FN2. The van der Waals surface area contributed by atoms with Crippen molar-refractivity contribution in [2.45, 2.75) is 58.5 Å². The van der Waals surface area contributed by atoms with Crippen LogP contribution in [0.5, 0.6) is 0 Å². The Hall–Kier alpha value is -1.09. The first-order valence-corrected chi connectivity index (χ1v) is 8.88. The summed E-state index contributed by atoms with van der Waals surface area (Å²) in [7, 11) is 0. The van der Waals surface area contributed by atoms with Crippen molar-refractivity contribution in [2.24, 2.45) is 11.8 Å². The second-order valence-corrected chi connectivity index (χ2v) is 7.50. The Morgan fingerprint density at radius 2 is 1.82 bits per heavy atom. The summed E-state index contributed by atoms with van der Waals surface area (Å²) >= 11 is 0. The summed E-state index contributed by atoms with van der Waals surface area (Å²) in [5.74, 6) is 1.21. The van der Waals surface area contributed by atoms with Gasteiger partial charge in [-0.15, -0.1) is 0 Å². The molecule has 122 valence electrons. The second-order valence-electron chi connectivity index (χ2n) is 7.50. The molecule has 0 aromatic heterocycles. The van der Waals surface area contributed by atoms with Gasteiger partial charge in [-0.1, -0.05) is 32.8 Å². The Bertz CT molecular complexity index is 486. The van der Waals surface area contributed by atoms with Gasteiger partial charge in [0.1, 0.15) is 5.82 Å². The number of piperidine rings is 1. The van der Waals surface area contributed by atoms with E-state index in [0.717, 1.165) is 25.3 Å². The van der Waals surface area contributed by atoms with Crippen LogP contribution in [0.4, 0.5) is 10.1 Å². The lowest BCUT2D eigenvalue weighted by Gasteiger charge is -2.37. The van der Waals surface area contributed by atoms with Crippen molar-refractivity contribution >= 4 is 5.69 Å². The van der Waals surface area contributed by atoms with Crippen molar-refractivity contribution in [3.8, 4) is 0 Å². The van der Waals surface area contributed by atoms with E-state index in [1.54, 1.807) is 6.07 Å². The molecule has 0 amide bonds. The molecule has 3 rings (SSSR count). The van der Waals surface area contributed by atoms with Crippen LogP contribution in [0.2, 0.25) is 0 Å². The second kappa shape index (κ2) is 6.99. The van der Waals surface area contributed by atoms with Gasteiger partial charge in [-0.25, -0.2) is 4.39 Å². The number of hydrogen-bond acceptors (Lipinski definition) is 2. The summed E-state index contributed by atoms with van der Waals surface area (Å²) in [6, 6.07) is 6.29. The van der Waals surface area contributed by atoms with E-state index in [1.165, 1.54) is 37.7 Å². The van der Waals surface area contributed by atoms with Crippen LogP contribution in [0.15, 0.2) is 18.2 Å². The van der Waals surface area contributed by atoms with Crippen molar-refractivity contribution in [1.29, 1.82) is 0 Å². The molecule has 2 fully saturated rings. The van der Waals surface area contributed by atoms with E-state index in [1.807, 2.05) is 6.07 Å². The average Bonchev–Trinajstić information content (AvgIpc) is 2.98. The van der Waals surface area contributed by atoms with Crippen molar-refractivity contribution < 1.29 is 4.39 Å². The molecule has 1 saturated heterocycles. The van der Waals surface area contributed by atoms with Gasteiger partial charge in [0.25, 0.3) is 0 Å². The maximum absolute atomic E-state index is 14.3. The molecule has 1 heterocycles. The third kappa shape index (κ3) is 3.81. The smallest absolute Gasteiger partial charge is 0.146 e. The predicted octanol–water partition coefficient (Wildman–Crippen LogP) is 4.34. The molecule has 1 aliphatic heterocycles. The molecule has 2 atom stereocenters. The third-order valence-corrected chi connectivity index (χ3v) is 5.17. The highest BCUT2D eigenvalue weighted by Crippen LogP contribution is 2.29. The Morgan fingerprint density at radius 3 is 2.50 bits per heavy atom. The Kier molecular flexibility index (Phi) is 5.02. The highest BCUT2D eigenvalue weighted by atomic mass is 19.1. The molecular weight excluding hydrogens is 275 g/mol. The Labute approximate surface area is 134 Å². The Morgan fingerprint density at radius 1 is 1.14 bits per heavy atom. The molecule has 1 saturated carbocycles. The SMILES string of the molecule is CC1CC(C)CN(c2cc(CNC3CCCC3)ccc2F)C1. The van der Waals surface area contributed by atoms with E-state index in [-0.39, 0.29) is 5.82 Å². The first-order chi connectivity index (χ1) is 10.6. The van der Waals surface area contributed by atoms with Crippen molar-refractivity contribution in [3.63, 3.8) is 0 Å². The quantitative estimate of drug-likeness (QED) is 0.890. The van der Waals surface area contributed by atoms with Crippen molar-refractivity contribution in [1.82, 2.24) is 5.32 Å². The summed E-state index contributed by atoms with van der Waals surface area (Å²) in [6.45, 7) is 7.34. The van der Waals surface area contributed by atoms with Crippen LogP contribution in [0, 0.1) is 17.7 Å². The largest absolute Gasteiger partial charge is 0.369 e. The maximum Gasteiger partial charge on any atom is 0.146 e. The van der Waals surface area contributed by atoms with E-state index < -0.39 is 0 Å². The van der Waals surface area contributed by atoms with Gasteiger partial charge in [-0.05, 0) is 48.8 Å². The van der Waals surface area contributed by atoms with E-state index >= 15 is 0 Å². The minimum absolute atomic E-state index is 0.0779. The van der Waals surface area contributed by atoms with E-state index in [2.05, 4.69) is 30.1 Å². The monoisotopic (exact) mass is 304 g/mol. The van der Waals surface area contributed by atoms with Crippen LogP contribution >= 0.6 is 0 Å². The number of benzene rings is 1. The molecule has 0 radical (unpaired) electrons. The molecule has 2 unspecified atom stereocenters.